The zero-order valence-electron chi connectivity index (χ0n) is 11.6. The molecule has 108 valence electrons. The summed E-state index contributed by atoms with van der Waals surface area (Å²) in [5.41, 5.74) is 7.37. The molecule has 6 heteroatoms. The number of aryl methyl sites for hydroxylation is 1. The Morgan fingerprint density at radius 2 is 1.95 bits per heavy atom. The van der Waals surface area contributed by atoms with Gasteiger partial charge in [-0.25, -0.2) is 4.79 Å². The van der Waals surface area contributed by atoms with Crippen LogP contribution in [-0.2, 0) is 4.79 Å². The molecule has 1 fully saturated rings. The number of carbonyl (C=O) groups excluding carboxylic acids is 2. The number of carbonyl (C=O) groups is 2. The lowest BCUT2D eigenvalue weighted by atomic mass is 10.2. The first kappa shape index (κ1) is 14.2. The Kier molecular flexibility index (Phi) is 4.45. The topological polar surface area (TPSA) is 78.7 Å². The van der Waals surface area contributed by atoms with E-state index in [4.69, 9.17) is 5.73 Å². The minimum Gasteiger partial charge on any atom is -0.368 e. The molecule has 0 radical (unpaired) electrons. The lowest BCUT2D eigenvalue weighted by molar-refractivity contribution is -0.130. The third kappa shape index (κ3) is 3.63. The van der Waals surface area contributed by atoms with Gasteiger partial charge in [-0.1, -0.05) is 12.1 Å². The Labute approximate surface area is 118 Å². The summed E-state index contributed by atoms with van der Waals surface area (Å²) in [6.07, 6.45) is 0. The zero-order chi connectivity index (χ0) is 14.5. The molecule has 0 aliphatic carbocycles. The van der Waals surface area contributed by atoms with Crippen LogP contribution in [-0.4, -0.2) is 49.6 Å². The predicted octanol–water partition coefficient (Wildman–Crippen LogP) is 0.312. The highest BCUT2D eigenvalue weighted by atomic mass is 16.2. The van der Waals surface area contributed by atoms with Crippen molar-refractivity contribution in [2.45, 2.75) is 6.92 Å². The number of urea groups is 1. The van der Waals surface area contributed by atoms with Gasteiger partial charge in [-0.2, -0.15) is 0 Å². The molecule has 1 aromatic rings. The van der Waals surface area contributed by atoms with Gasteiger partial charge in [0.2, 0.25) is 5.91 Å². The first-order chi connectivity index (χ1) is 9.56. The fourth-order valence-electron chi connectivity index (χ4n) is 2.31. The van der Waals surface area contributed by atoms with Gasteiger partial charge >= 0.3 is 6.03 Å². The number of anilines is 1. The van der Waals surface area contributed by atoms with Crippen LogP contribution >= 0.6 is 0 Å². The van der Waals surface area contributed by atoms with Crippen LogP contribution in [0.1, 0.15) is 5.56 Å². The quantitative estimate of drug-likeness (QED) is 0.834. The molecule has 1 aromatic carbocycles. The van der Waals surface area contributed by atoms with Gasteiger partial charge in [0.25, 0.3) is 0 Å². The third-order valence-corrected chi connectivity index (χ3v) is 3.41. The van der Waals surface area contributed by atoms with Gasteiger partial charge in [0, 0.05) is 31.9 Å². The van der Waals surface area contributed by atoms with Crippen molar-refractivity contribution in [2.75, 3.05) is 37.6 Å². The fourth-order valence-corrected chi connectivity index (χ4v) is 2.31. The van der Waals surface area contributed by atoms with E-state index in [2.05, 4.69) is 35.3 Å². The van der Waals surface area contributed by atoms with Gasteiger partial charge in [-0.05, 0) is 24.6 Å². The molecule has 0 bridgehead atoms. The van der Waals surface area contributed by atoms with Crippen LogP contribution < -0.4 is 16.0 Å². The molecule has 1 saturated heterocycles. The molecule has 3 N–H and O–H groups in total. The summed E-state index contributed by atoms with van der Waals surface area (Å²) in [6.45, 7) is 4.95. The van der Waals surface area contributed by atoms with E-state index in [0.717, 1.165) is 13.1 Å². The number of hydrogen-bond acceptors (Lipinski definition) is 3. The van der Waals surface area contributed by atoms with Crippen molar-refractivity contribution in [3.05, 3.63) is 29.8 Å². The van der Waals surface area contributed by atoms with Crippen LogP contribution in [0.3, 0.4) is 0 Å². The maximum Gasteiger partial charge on any atom is 0.312 e. The van der Waals surface area contributed by atoms with Crippen LogP contribution in [0.4, 0.5) is 10.5 Å². The second-order valence-corrected chi connectivity index (χ2v) is 4.92. The normalized spacial score (nSPS) is 15.1. The minimum absolute atomic E-state index is 0.0280. The summed E-state index contributed by atoms with van der Waals surface area (Å²) in [5.74, 6) is -0.0901. The monoisotopic (exact) mass is 276 g/mol. The maximum absolute atomic E-state index is 11.8. The molecule has 2 rings (SSSR count). The van der Waals surface area contributed by atoms with Crippen LogP contribution in [0.5, 0.6) is 0 Å². The van der Waals surface area contributed by atoms with Gasteiger partial charge in [0.05, 0.1) is 6.54 Å². The molecule has 0 aromatic heterocycles. The Balaban J connectivity index is 1.86. The Bertz CT molecular complexity index is 496. The van der Waals surface area contributed by atoms with Crippen LogP contribution in [0.15, 0.2) is 24.3 Å². The van der Waals surface area contributed by atoms with E-state index < -0.39 is 6.03 Å². The number of nitrogens with one attached hydrogen (secondary N) is 1. The molecule has 1 heterocycles. The highest BCUT2D eigenvalue weighted by Gasteiger charge is 2.21. The summed E-state index contributed by atoms with van der Waals surface area (Å²) in [7, 11) is 0. The third-order valence-electron chi connectivity index (χ3n) is 3.41. The van der Waals surface area contributed by atoms with E-state index in [1.54, 1.807) is 4.90 Å². The molecule has 0 unspecified atom stereocenters. The second-order valence-electron chi connectivity index (χ2n) is 4.92. The molecule has 6 nitrogen and oxygen atoms in total. The molecular weight excluding hydrogens is 256 g/mol. The number of benzene rings is 1. The number of hydrogen-bond donors (Lipinski definition) is 2. The molecule has 0 spiro atoms. The number of piperazine rings is 1. The first-order valence-corrected chi connectivity index (χ1v) is 6.69. The van der Waals surface area contributed by atoms with Crippen molar-refractivity contribution in [2.24, 2.45) is 5.73 Å². The Hall–Kier alpha value is -2.24. The van der Waals surface area contributed by atoms with E-state index >= 15 is 0 Å². The van der Waals surface area contributed by atoms with E-state index in [9.17, 15) is 9.59 Å². The van der Waals surface area contributed by atoms with Gasteiger partial charge in [-0.3, -0.25) is 4.79 Å². The van der Waals surface area contributed by atoms with Gasteiger partial charge in [0.15, 0.2) is 0 Å². The lowest BCUT2D eigenvalue weighted by Gasteiger charge is -2.36. The minimum atomic E-state index is -0.670. The van der Waals surface area contributed by atoms with Crippen LogP contribution in [0.25, 0.3) is 0 Å². The summed E-state index contributed by atoms with van der Waals surface area (Å²) in [6, 6.07) is 7.67. The summed E-state index contributed by atoms with van der Waals surface area (Å²) in [4.78, 5) is 26.4. The largest absolute Gasteiger partial charge is 0.368 e. The van der Waals surface area contributed by atoms with E-state index in [1.165, 1.54) is 11.3 Å². The fraction of sp³-hybridized carbons (Fsp3) is 0.429. The number of nitrogens with two attached hydrogens (primary N) is 1. The predicted molar refractivity (Wildman–Crippen MR) is 77.6 cm³/mol. The number of amides is 3. The van der Waals surface area contributed by atoms with Crippen LogP contribution in [0.2, 0.25) is 0 Å². The highest BCUT2D eigenvalue weighted by Crippen LogP contribution is 2.17. The van der Waals surface area contributed by atoms with E-state index in [1.807, 2.05) is 6.07 Å². The average molecular weight is 276 g/mol. The second kappa shape index (κ2) is 6.27. The summed E-state index contributed by atoms with van der Waals surface area (Å²) >= 11 is 0. The standard InChI is InChI=1S/C14H20N4O2/c1-11-3-2-4-12(9-11)17-5-7-18(8-6-17)13(19)10-16-14(15)20/h2-4,9H,5-8,10H2,1H3,(H3,15,16,20). The summed E-state index contributed by atoms with van der Waals surface area (Å²) in [5, 5.41) is 2.33. The van der Waals surface area contributed by atoms with Crippen molar-refractivity contribution in [1.29, 1.82) is 0 Å². The molecule has 1 aliphatic rings. The van der Waals surface area contributed by atoms with E-state index in [-0.39, 0.29) is 12.5 Å². The Morgan fingerprint density at radius 1 is 1.25 bits per heavy atom. The van der Waals surface area contributed by atoms with Crippen LogP contribution in [0, 0.1) is 6.92 Å². The molecule has 0 atom stereocenters. The number of primary amides is 1. The van der Waals surface area contributed by atoms with Gasteiger partial charge in [-0.15, -0.1) is 0 Å². The summed E-state index contributed by atoms with van der Waals surface area (Å²) < 4.78 is 0. The molecular formula is C14H20N4O2. The van der Waals surface area contributed by atoms with Gasteiger partial charge < -0.3 is 20.9 Å². The average Bonchev–Trinajstić information content (AvgIpc) is 2.45. The van der Waals surface area contributed by atoms with Crippen molar-refractivity contribution in [3.63, 3.8) is 0 Å². The molecule has 3 amide bonds. The maximum atomic E-state index is 11.8. The van der Waals surface area contributed by atoms with E-state index in [0.29, 0.717) is 13.1 Å². The lowest BCUT2D eigenvalue weighted by Crippen LogP contribution is -2.51. The Morgan fingerprint density at radius 3 is 2.55 bits per heavy atom. The van der Waals surface area contributed by atoms with Crippen molar-refractivity contribution >= 4 is 17.6 Å². The van der Waals surface area contributed by atoms with Crippen molar-refractivity contribution in [1.82, 2.24) is 10.2 Å². The molecule has 20 heavy (non-hydrogen) atoms. The molecule has 0 saturated carbocycles. The SMILES string of the molecule is Cc1cccc(N2CCN(C(=O)CNC(N)=O)CC2)c1. The first-order valence-electron chi connectivity index (χ1n) is 6.69. The zero-order valence-corrected chi connectivity index (χ0v) is 11.6. The smallest absolute Gasteiger partial charge is 0.312 e. The van der Waals surface area contributed by atoms with Crippen molar-refractivity contribution < 1.29 is 9.59 Å². The van der Waals surface area contributed by atoms with Crippen molar-refractivity contribution in [3.8, 4) is 0 Å². The molecule has 1 aliphatic heterocycles. The number of nitrogens with zero attached hydrogens (tertiary/aromatic N) is 2. The number of rotatable bonds is 3. The highest BCUT2D eigenvalue weighted by molar-refractivity contribution is 5.83. The van der Waals surface area contributed by atoms with Gasteiger partial charge in [0.1, 0.15) is 0 Å².